The molecule has 0 amide bonds. The van der Waals surface area contributed by atoms with Crippen molar-refractivity contribution in [3.8, 4) is 0 Å². The highest BCUT2D eigenvalue weighted by molar-refractivity contribution is 5.89. The summed E-state index contributed by atoms with van der Waals surface area (Å²) in [5, 5.41) is 4.62. The van der Waals surface area contributed by atoms with Crippen molar-refractivity contribution in [2.24, 2.45) is 0 Å². The van der Waals surface area contributed by atoms with Gasteiger partial charge in [-0.15, -0.1) is 0 Å². The Morgan fingerprint density at radius 2 is 1.68 bits per heavy atom. The largest absolute Gasteiger partial charge is 0.369 e. The molecule has 1 N–H and O–H groups in total. The number of benzene rings is 2. The lowest BCUT2D eigenvalue weighted by molar-refractivity contribution is 0.934. The lowest BCUT2D eigenvalue weighted by atomic mass is 10.1. The van der Waals surface area contributed by atoms with E-state index >= 15 is 0 Å². The molecule has 0 saturated heterocycles. The highest BCUT2D eigenvalue weighted by Gasteiger charge is 2.27. The number of rotatable bonds is 5. The van der Waals surface area contributed by atoms with E-state index in [9.17, 15) is 0 Å². The third-order valence-corrected chi connectivity index (χ3v) is 4.11. The number of hydrogen-bond donors (Lipinski definition) is 1. The van der Waals surface area contributed by atoms with Crippen LogP contribution in [0.15, 0.2) is 54.6 Å². The van der Waals surface area contributed by atoms with Gasteiger partial charge in [-0.3, -0.25) is 0 Å². The van der Waals surface area contributed by atoms with Crippen LogP contribution >= 0.6 is 0 Å². The molecule has 2 aromatic carbocycles. The molecule has 1 aromatic heterocycles. The molecular formula is C19H19N3. The molecule has 1 fully saturated rings. The minimum absolute atomic E-state index is 0.569. The first-order valence-electron chi connectivity index (χ1n) is 7.94. The van der Waals surface area contributed by atoms with E-state index in [4.69, 9.17) is 9.97 Å². The van der Waals surface area contributed by atoms with E-state index in [0.29, 0.717) is 5.92 Å². The van der Waals surface area contributed by atoms with Crippen molar-refractivity contribution < 1.29 is 0 Å². The number of anilines is 1. The summed E-state index contributed by atoms with van der Waals surface area (Å²) < 4.78 is 0. The van der Waals surface area contributed by atoms with Crippen LogP contribution in [0.4, 0.5) is 5.82 Å². The average molecular weight is 289 g/mol. The van der Waals surface area contributed by atoms with Crippen molar-refractivity contribution in [1.82, 2.24) is 9.97 Å². The maximum Gasteiger partial charge on any atom is 0.137 e. The third-order valence-electron chi connectivity index (χ3n) is 4.11. The Morgan fingerprint density at radius 3 is 2.50 bits per heavy atom. The lowest BCUT2D eigenvalue weighted by Crippen LogP contribution is -2.08. The first-order chi connectivity index (χ1) is 10.9. The van der Waals surface area contributed by atoms with E-state index in [1.807, 2.05) is 12.1 Å². The maximum absolute atomic E-state index is 4.77. The summed E-state index contributed by atoms with van der Waals surface area (Å²) in [5.41, 5.74) is 2.39. The molecule has 1 heterocycles. The highest BCUT2D eigenvalue weighted by atomic mass is 15.0. The van der Waals surface area contributed by atoms with Crippen LogP contribution in [0, 0.1) is 0 Å². The van der Waals surface area contributed by atoms with Gasteiger partial charge in [0.1, 0.15) is 11.6 Å². The molecule has 3 heteroatoms. The van der Waals surface area contributed by atoms with Gasteiger partial charge >= 0.3 is 0 Å². The predicted octanol–water partition coefficient (Wildman–Crippen LogP) is 4.16. The van der Waals surface area contributed by atoms with Gasteiger partial charge in [-0.25, -0.2) is 9.97 Å². The van der Waals surface area contributed by atoms with Crippen molar-refractivity contribution in [3.05, 3.63) is 66.0 Å². The van der Waals surface area contributed by atoms with E-state index < -0.39 is 0 Å². The smallest absolute Gasteiger partial charge is 0.137 e. The molecule has 0 spiro atoms. The van der Waals surface area contributed by atoms with Crippen LogP contribution in [0.3, 0.4) is 0 Å². The minimum atomic E-state index is 0.569. The van der Waals surface area contributed by atoms with E-state index in [0.717, 1.165) is 35.5 Å². The molecule has 0 radical (unpaired) electrons. The van der Waals surface area contributed by atoms with Crippen molar-refractivity contribution in [3.63, 3.8) is 0 Å². The molecular weight excluding hydrogens is 270 g/mol. The van der Waals surface area contributed by atoms with E-state index in [2.05, 4.69) is 47.8 Å². The monoisotopic (exact) mass is 289 g/mol. The van der Waals surface area contributed by atoms with Crippen molar-refractivity contribution in [2.45, 2.75) is 25.2 Å². The molecule has 3 nitrogen and oxygen atoms in total. The Bertz CT molecular complexity index is 779. The average Bonchev–Trinajstić information content (AvgIpc) is 3.40. The number of nitrogens with one attached hydrogen (secondary N) is 1. The molecule has 1 aliphatic carbocycles. The summed E-state index contributed by atoms with van der Waals surface area (Å²) in [6.45, 7) is 0.884. The number of nitrogens with zero attached hydrogens (tertiary/aromatic N) is 2. The fourth-order valence-corrected chi connectivity index (χ4v) is 2.72. The SMILES string of the molecule is c1ccc(CCNc2nc(C3CC3)nc3ccccc23)cc1. The van der Waals surface area contributed by atoms with Gasteiger partial charge in [0.15, 0.2) is 0 Å². The number of fused-ring (bicyclic) bond motifs is 1. The van der Waals surface area contributed by atoms with Crippen LogP contribution in [0.5, 0.6) is 0 Å². The van der Waals surface area contributed by atoms with Gasteiger partial charge in [0, 0.05) is 17.8 Å². The zero-order chi connectivity index (χ0) is 14.8. The maximum atomic E-state index is 4.77. The molecule has 0 unspecified atom stereocenters. The standard InChI is InChI=1S/C19H19N3/c1-2-6-14(7-3-1)12-13-20-19-16-8-4-5-9-17(16)21-18(22-19)15-10-11-15/h1-9,15H,10-13H2,(H,20,21,22). The number of para-hydroxylation sites is 1. The van der Waals surface area contributed by atoms with Crippen molar-refractivity contribution >= 4 is 16.7 Å². The molecule has 1 saturated carbocycles. The third kappa shape index (κ3) is 2.80. The van der Waals surface area contributed by atoms with Crippen LogP contribution in [-0.2, 0) is 6.42 Å². The Balaban J connectivity index is 1.57. The fraction of sp³-hybridized carbons (Fsp3) is 0.263. The van der Waals surface area contributed by atoms with Crippen LogP contribution in [-0.4, -0.2) is 16.5 Å². The Labute approximate surface area is 130 Å². The molecule has 0 atom stereocenters. The molecule has 22 heavy (non-hydrogen) atoms. The van der Waals surface area contributed by atoms with Crippen molar-refractivity contribution in [2.75, 3.05) is 11.9 Å². The Morgan fingerprint density at radius 1 is 0.909 bits per heavy atom. The van der Waals surface area contributed by atoms with Crippen LogP contribution in [0.25, 0.3) is 10.9 Å². The topological polar surface area (TPSA) is 37.8 Å². The molecule has 4 rings (SSSR count). The molecule has 3 aromatic rings. The molecule has 110 valence electrons. The van der Waals surface area contributed by atoms with E-state index in [-0.39, 0.29) is 0 Å². The van der Waals surface area contributed by atoms with Crippen molar-refractivity contribution in [1.29, 1.82) is 0 Å². The van der Waals surface area contributed by atoms with Crippen LogP contribution in [0.1, 0.15) is 30.1 Å². The Kier molecular flexibility index (Phi) is 3.47. The van der Waals surface area contributed by atoms with Crippen LogP contribution in [0.2, 0.25) is 0 Å². The van der Waals surface area contributed by atoms with Gasteiger partial charge in [-0.05, 0) is 37.0 Å². The van der Waals surface area contributed by atoms with E-state index in [1.165, 1.54) is 18.4 Å². The van der Waals surface area contributed by atoms with Gasteiger partial charge in [-0.1, -0.05) is 42.5 Å². The summed E-state index contributed by atoms with van der Waals surface area (Å²) in [5.74, 6) is 2.55. The first kappa shape index (κ1) is 13.3. The summed E-state index contributed by atoms with van der Waals surface area (Å²) >= 11 is 0. The predicted molar refractivity (Wildman–Crippen MR) is 90.1 cm³/mol. The zero-order valence-electron chi connectivity index (χ0n) is 12.5. The van der Waals surface area contributed by atoms with Gasteiger partial charge in [-0.2, -0.15) is 0 Å². The number of hydrogen-bond acceptors (Lipinski definition) is 3. The van der Waals surface area contributed by atoms with Gasteiger partial charge in [0.05, 0.1) is 5.52 Å². The molecule has 0 aliphatic heterocycles. The van der Waals surface area contributed by atoms with Crippen LogP contribution < -0.4 is 5.32 Å². The second-order valence-corrected chi connectivity index (χ2v) is 5.88. The normalized spacial score (nSPS) is 14.2. The second-order valence-electron chi connectivity index (χ2n) is 5.88. The summed E-state index contributed by atoms with van der Waals surface area (Å²) in [6, 6.07) is 18.8. The summed E-state index contributed by atoms with van der Waals surface area (Å²) in [7, 11) is 0. The highest BCUT2D eigenvalue weighted by Crippen LogP contribution is 2.39. The van der Waals surface area contributed by atoms with E-state index in [1.54, 1.807) is 0 Å². The second kappa shape index (κ2) is 5.76. The minimum Gasteiger partial charge on any atom is -0.369 e. The molecule has 0 bridgehead atoms. The summed E-state index contributed by atoms with van der Waals surface area (Å²) in [6.07, 6.45) is 3.45. The van der Waals surface area contributed by atoms with Gasteiger partial charge in [0.2, 0.25) is 0 Å². The number of aromatic nitrogens is 2. The van der Waals surface area contributed by atoms with Gasteiger partial charge < -0.3 is 5.32 Å². The fourth-order valence-electron chi connectivity index (χ4n) is 2.72. The molecule has 1 aliphatic rings. The Hall–Kier alpha value is -2.42. The summed E-state index contributed by atoms with van der Waals surface area (Å²) in [4.78, 5) is 9.48. The lowest BCUT2D eigenvalue weighted by Gasteiger charge is -2.10. The quantitative estimate of drug-likeness (QED) is 0.766. The van der Waals surface area contributed by atoms with Gasteiger partial charge in [0.25, 0.3) is 0 Å². The zero-order valence-corrected chi connectivity index (χ0v) is 12.5. The first-order valence-corrected chi connectivity index (χ1v) is 7.94.